The van der Waals surface area contributed by atoms with Gasteiger partial charge in [0.15, 0.2) is 11.0 Å². The Morgan fingerprint density at radius 2 is 1.30 bits per heavy atom. The molecule has 8 unspecified atom stereocenters. The van der Waals surface area contributed by atoms with Gasteiger partial charge in [0.25, 0.3) is 5.82 Å². The molecule has 0 bridgehead atoms. The zero-order valence-corrected chi connectivity index (χ0v) is 27.1. The quantitative estimate of drug-likeness (QED) is 0.0611. The predicted molar refractivity (Wildman–Crippen MR) is 160 cm³/mol. The van der Waals surface area contributed by atoms with Crippen LogP contribution < -0.4 is 27.4 Å². The summed E-state index contributed by atoms with van der Waals surface area (Å²) >= 11 is 0. The first-order valence-electron chi connectivity index (χ1n) is 13.7. The van der Waals surface area contributed by atoms with Gasteiger partial charge in [0.1, 0.15) is 49.0 Å². The van der Waals surface area contributed by atoms with Gasteiger partial charge in [-0.05, 0) is 26.0 Å². The maximum Gasteiger partial charge on any atom is 0.271 e. The minimum Gasteiger partial charge on any atom is -1.00 e. The van der Waals surface area contributed by atoms with Gasteiger partial charge in [-0.3, -0.25) is 4.90 Å². The number of hydrogen-bond donors (Lipinski definition) is 11. The van der Waals surface area contributed by atoms with Crippen molar-refractivity contribution in [1.29, 1.82) is 0 Å². The first kappa shape index (κ1) is 45.0. The van der Waals surface area contributed by atoms with E-state index in [0.717, 1.165) is 23.4 Å². The lowest BCUT2D eigenvalue weighted by molar-refractivity contribution is -0.676. The van der Waals surface area contributed by atoms with Gasteiger partial charge in [0.05, 0.1) is 45.1 Å². The summed E-state index contributed by atoms with van der Waals surface area (Å²) in [7, 11) is 0. The standard InChI is InChI=1S/C26H47N4O11.3ClH/c1-3-29-16-6-5-15(9-17(16)30(4-2)22(29)10-27)41-8-7-28(11-18(33)23(37)25(39)20(35)13-31)12-19(34)24(38)26(40)21(36)14-32;;;/h5-6,9,18-21,23-26,31-40H,3-4,7-8,10-14,27H2,1-2H3;3*1H/q+1;;;/p-1. The average Bonchev–Trinajstić information content (AvgIpc) is 3.30. The molecule has 0 fully saturated rings. The molecule has 0 saturated carbocycles. The maximum atomic E-state index is 10.5. The summed E-state index contributed by atoms with van der Waals surface area (Å²) in [4.78, 5) is 1.38. The SMILES string of the molecule is CCn1c(CN)[n+](CC)c2cc(OCCN(CC(O)C(O)C(O)C(O)CO)CC(O)C(O)C(O)C(O)CO)ccc21.Cl.Cl.[Cl-]. The van der Waals surface area contributed by atoms with Gasteiger partial charge < -0.3 is 73.9 Å². The number of nitrogens with zero attached hydrogens (tertiary/aromatic N) is 3. The molecule has 2 aromatic rings. The molecule has 260 valence electrons. The molecule has 0 spiro atoms. The van der Waals surface area contributed by atoms with Crippen LogP contribution in [0.4, 0.5) is 0 Å². The molecule has 1 aromatic carbocycles. The molecule has 1 heterocycles. The largest absolute Gasteiger partial charge is 1.00 e. The van der Waals surface area contributed by atoms with Gasteiger partial charge in [-0.25, -0.2) is 9.13 Å². The lowest BCUT2D eigenvalue weighted by Crippen LogP contribution is -3.00. The number of aliphatic hydroxyl groups excluding tert-OH is 10. The zero-order chi connectivity index (χ0) is 30.9. The van der Waals surface area contributed by atoms with Crippen LogP contribution in [0.2, 0.25) is 0 Å². The molecule has 18 heteroatoms. The Morgan fingerprint density at radius 3 is 1.70 bits per heavy atom. The second-order valence-corrected chi connectivity index (χ2v) is 9.96. The molecule has 12 N–H and O–H groups in total. The van der Waals surface area contributed by atoms with E-state index in [-0.39, 0.29) is 63.5 Å². The minimum atomic E-state index is -1.87. The van der Waals surface area contributed by atoms with E-state index in [0.29, 0.717) is 18.8 Å². The van der Waals surface area contributed by atoms with E-state index in [1.807, 2.05) is 26.0 Å². The predicted octanol–water partition coefficient (Wildman–Crippen LogP) is -7.17. The summed E-state index contributed by atoms with van der Waals surface area (Å²) in [5.41, 5.74) is 7.90. The first-order chi connectivity index (χ1) is 19.4. The van der Waals surface area contributed by atoms with E-state index in [1.54, 1.807) is 6.07 Å². The van der Waals surface area contributed by atoms with Gasteiger partial charge in [0.2, 0.25) is 0 Å². The van der Waals surface area contributed by atoms with Crippen molar-refractivity contribution in [2.45, 2.75) is 82.3 Å². The number of halogens is 3. The molecule has 0 radical (unpaired) electrons. The lowest BCUT2D eigenvalue weighted by Gasteiger charge is -2.33. The van der Waals surface area contributed by atoms with E-state index < -0.39 is 62.0 Å². The Bertz CT molecular complexity index is 1040. The molecule has 0 amide bonds. The first-order valence-corrected chi connectivity index (χ1v) is 13.7. The molecule has 0 saturated heterocycles. The van der Waals surface area contributed by atoms with Crippen LogP contribution in [-0.4, -0.2) is 149 Å². The summed E-state index contributed by atoms with van der Waals surface area (Å²) in [6.07, 6.45) is -14.2. The summed E-state index contributed by atoms with van der Waals surface area (Å²) in [6, 6.07) is 5.57. The Labute approximate surface area is 275 Å². The molecule has 2 rings (SSSR count). The third-order valence-electron chi connectivity index (χ3n) is 7.18. The van der Waals surface area contributed by atoms with Crippen LogP contribution in [0.25, 0.3) is 11.0 Å². The van der Waals surface area contributed by atoms with Gasteiger partial charge in [-0.15, -0.1) is 24.8 Å². The molecule has 1 aromatic heterocycles. The van der Waals surface area contributed by atoms with Gasteiger partial charge >= 0.3 is 0 Å². The number of nitrogens with two attached hydrogens (primary N) is 1. The number of aromatic nitrogens is 2. The highest BCUT2D eigenvalue weighted by atomic mass is 35.5. The van der Waals surface area contributed by atoms with Crippen molar-refractivity contribution in [2.75, 3.05) is 39.5 Å². The smallest absolute Gasteiger partial charge is 0.271 e. The van der Waals surface area contributed by atoms with Crippen LogP contribution in [0, 0.1) is 0 Å². The summed E-state index contributed by atoms with van der Waals surface area (Å²) in [5.74, 6) is 1.50. The molecular formula is C26H49Cl3N4O11. The Hall–Kier alpha value is -1.12. The number of fused-ring (bicyclic) bond motifs is 1. The number of aryl methyl sites for hydroxylation is 2. The Kier molecular flexibility index (Phi) is 22.1. The van der Waals surface area contributed by atoms with Crippen molar-refractivity contribution >= 4 is 35.8 Å². The maximum absolute atomic E-state index is 10.5. The van der Waals surface area contributed by atoms with Crippen molar-refractivity contribution in [2.24, 2.45) is 5.73 Å². The fourth-order valence-corrected chi connectivity index (χ4v) is 4.81. The van der Waals surface area contributed by atoms with Crippen molar-refractivity contribution in [3.63, 3.8) is 0 Å². The number of rotatable bonds is 19. The Balaban J connectivity index is 0. The summed E-state index contributed by atoms with van der Waals surface area (Å²) in [5, 5.41) is 98.6. The van der Waals surface area contributed by atoms with Crippen molar-refractivity contribution in [3.05, 3.63) is 24.0 Å². The van der Waals surface area contributed by atoms with Crippen LogP contribution in [0.5, 0.6) is 5.75 Å². The highest BCUT2D eigenvalue weighted by molar-refractivity contribution is 5.85. The lowest BCUT2D eigenvalue weighted by atomic mass is 10.0. The normalized spacial score (nSPS) is 17.0. The second-order valence-electron chi connectivity index (χ2n) is 9.96. The summed E-state index contributed by atoms with van der Waals surface area (Å²) < 4.78 is 10.1. The molecular weight excluding hydrogens is 651 g/mol. The van der Waals surface area contributed by atoms with Crippen molar-refractivity contribution in [1.82, 2.24) is 9.47 Å². The fourth-order valence-electron chi connectivity index (χ4n) is 4.81. The number of benzene rings is 1. The van der Waals surface area contributed by atoms with E-state index in [1.165, 1.54) is 4.90 Å². The molecule has 44 heavy (non-hydrogen) atoms. The van der Waals surface area contributed by atoms with Crippen LogP contribution in [0.15, 0.2) is 18.2 Å². The van der Waals surface area contributed by atoms with E-state index in [4.69, 9.17) is 20.7 Å². The van der Waals surface area contributed by atoms with Gasteiger partial charge in [-0.2, -0.15) is 0 Å². The number of ether oxygens (including phenoxy) is 1. The monoisotopic (exact) mass is 698 g/mol. The van der Waals surface area contributed by atoms with Crippen molar-refractivity contribution < 1.29 is 72.8 Å². The fraction of sp³-hybridized carbons (Fsp3) is 0.731. The van der Waals surface area contributed by atoms with Crippen LogP contribution in [0.3, 0.4) is 0 Å². The average molecular weight is 700 g/mol. The third-order valence-corrected chi connectivity index (χ3v) is 7.18. The molecule has 8 atom stereocenters. The Morgan fingerprint density at radius 1 is 0.818 bits per heavy atom. The highest BCUT2D eigenvalue weighted by Gasteiger charge is 2.34. The number of hydrogen-bond acceptors (Lipinski definition) is 13. The third kappa shape index (κ3) is 11.3. The molecule has 0 aliphatic rings. The zero-order valence-electron chi connectivity index (χ0n) is 24.7. The van der Waals surface area contributed by atoms with Crippen LogP contribution in [-0.2, 0) is 19.6 Å². The summed E-state index contributed by atoms with van der Waals surface area (Å²) in [6.45, 7) is 3.42. The van der Waals surface area contributed by atoms with Crippen molar-refractivity contribution in [3.8, 4) is 5.75 Å². The second kappa shape index (κ2) is 21.6. The van der Waals surface area contributed by atoms with E-state index in [2.05, 4.69) is 9.13 Å². The minimum absolute atomic E-state index is 0. The van der Waals surface area contributed by atoms with Crippen LogP contribution >= 0.6 is 24.8 Å². The van der Waals surface area contributed by atoms with E-state index in [9.17, 15) is 40.9 Å². The number of imidazole rings is 1. The molecule has 15 nitrogen and oxygen atoms in total. The van der Waals surface area contributed by atoms with Crippen LogP contribution in [0.1, 0.15) is 19.7 Å². The van der Waals surface area contributed by atoms with E-state index >= 15 is 0 Å². The molecule has 0 aliphatic carbocycles. The van der Waals surface area contributed by atoms with Gasteiger partial charge in [-0.1, -0.05) is 0 Å². The molecule has 0 aliphatic heterocycles. The highest BCUT2D eigenvalue weighted by Crippen LogP contribution is 2.21. The van der Waals surface area contributed by atoms with Gasteiger partial charge in [0, 0.05) is 25.7 Å². The number of aliphatic hydroxyl groups is 10. The topological polar surface area (TPSA) is 250 Å².